The molecule has 0 aliphatic heterocycles. The van der Waals surface area contributed by atoms with Crippen molar-refractivity contribution in [1.82, 2.24) is 9.80 Å². The molecule has 3 N–H and O–H groups in total. The third kappa shape index (κ3) is 12.5. The second-order valence-corrected chi connectivity index (χ2v) is 2.58. The number of halogens is 1. The molecule has 0 saturated heterocycles. The second kappa shape index (κ2) is 7.44. The minimum absolute atomic E-state index is 0.963. The lowest BCUT2D eigenvalue weighted by Gasteiger charge is -2.21. The van der Waals surface area contributed by atoms with Gasteiger partial charge in [-0.15, -0.1) is 0 Å². The van der Waals surface area contributed by atoms with E-state index in [2.05, 4.69) is 0 Å². The highest BCUT2D eigenvalue weighted by atomic mass is 19.1. The Morgan fingerprint density at radius 2 is 1.17 bits per heavy atom. The Morgan fingerprint density at radius 1 is 1.00 bits per heavy atom. The number of hydrogen-bond acceptors (Lipinski definition) is 5. The van der Waals surface area contributed by atoms with E-state index in [0.717, 1.165) is 0 Å². The van der Waals surface area contributed by atoms with Crippen LogP contribution in [0.3, 0.4) is 0 Å². The van der Waals surface area contributed by atoms with Crippen molar-refractivity contribution < 1.29 is 19.5 Å². The summed E-state index contributed by atoms with van der Waals surface area (Å²) in [7, 11) is 4.63. The van der Waals surface area contributed by atoms with Gasteiger partial charge >= 0.3 is 7.32 Å². The normalized spacial score (nSPS) is 10.2. The minimum atomic E-state index is -2.17. The molecule has 74 valence electrons. The van der Waals surface area contributed by atoms with Crippen LogP contribution in [0.15, 0.2) is 0 Å². The van der Waals surface area contributed by atoms with Crippen molar-refractivity contribution in [3.63, 3.8) is 0 Å². The lowest BCUT2D eigenvalue weighted by molar-refractivity contribution is 0.00897. The van der Waals surface area contributed by atoms with E-state index >= 15 is 0 Å². The van der Waals surface area contributed by atoms with E-state index in [-0.39, 0.29) is 0 Å². The van der Waals surface area contributed by atoms with Gasteiger partial charge in [-0.25, -0.2) is 4.39 Å². The van der Waals surface area contributed by atoms with E-state index in [0.29, 0.717) is 0 Å². The van der Waals surface area contributed by atoms with Gasteiger partial charge in [-0.05, 0) is 28.2 Å². The molecule has 0 aromatic heterocycles. The summed E-state index contributed by atoms with van der Waals surface area (Å²) in [5.74, 6) is 0. The molecule has 0 aliphatic rings. The van der Waals surface area contributed by atoms with Crippen molar-refractivity contribution in [1.29, 1.82) is 0 Å². The molecule has 0 bridgehead atoms. The highest BCUT2D eigenvalue weighted by Crippen LogP contribution is 1.95. The average Bonchev–Trinajstić information content (AvgIpc) is 1.84. The van der Waals surface area contributed by atoms with Crippen molar-refractivity contribution in [3.8, 4) is 0 Å². The quantitative estimate of drug-likeness (QED) is 0.270. The number of rotatable bonds is 2. The minimum Gasteiger partial charge on any atom is -0.402 e. The Labute approximate surface area is 72.2 Å². The fourth-order valence-electron chi connectivity index (χ4n) is 0.462. The molecule has 0 saturated carbocycles. The Kier molecular flexibility index (Phi) is 8.89. The lowest BCUT2D eigenvalue weighted by atomic mass is 10.3. The summed E-state index contributed by atoms with van der Waals surface area (Å²) in [4.78, 5) is 3.00. The van der Waals surface area contributed by atoms with Gasteiger partial charge in [0.15, 0.2) is 0 Å². The molecule has 12 heavy (non-hydrogen) atoms. The van der Waals surface area contributed by atoms with Gasteiger partial charge in [0.05, 0.1) is 0 Å². The topological polar surface area (TPSA) is 67.2 Å². The zero-order valence-corrected chi connectivity index (χ0v) is 7.77. The van der Waals surface area contributed by atoms with E-state index in [4.69, 9.17) is 15.1 Å². The van der Waals surface area contributed by atoms with Crippen molar-refractivity contribution >= 4 is 7.32 Å². The first-order valence-corrected chi connectivity index (χ1v) is 3.30. The summed E-state index contributed by atoms with van der Waals surface area (Å²) in [6.45, 7) is 0. The van der Waals surface area contributed by atoms with E-state index < -0.39 is 13.7 Å². The number of alkyl halides is 1. The summed E-state index contributed by atoms with van der Waals surface area (Å²) in [5.41, 5.74) is 0. The van der Waals surface area contributed by atoms with Crippen molar-refractivity contribution in [2.45, 2.75) is 6.42 Å². The van der Waals surface area contributed by atoms with Crippen LogP contribution in [0, 0.1) is 0 Å². The molecule has 0 spiro atoms. The van der Waals surface area contributed by atoms with Crippen LogP contribution in [-0.4, -0.2) is 66.8 Å². The molecular formula is C5H16BFN2O3. The Morgan fingerprint density at radius 3 is 1.17 bits per heavy atom. The second-order valence-electron chi connectivity index (χ2n) is 2.58. The van der Waals surface area contributed by atoms with E-state index in [1.54, 1.807) is 28.2 Å². The maximum atomic E-state index is 12.5. The molecule has 5 nitrogen and oxygen atoms in total. The van der Waals surface area contributed by atoms with Gasteiger partial charge < -0.3 is 15.1 Å². The molecule has 0 rings (SSSR count). The highest BCUT2D eigenvalue weighted by molar-refractivity contribution is 6.30. The predicted molar refractivity (Wildman–Crippen MR) is 44.7 cm³/mol. The molecule has 7 heteroatoms. The van der Waals surface area contributed by atoms with Crippen LogP contribution in [0.2, 0.25) is 0 Å². The van der Waals surface area contributed by atoms with Gasteiger partial charge in [-0.1, -0.05) is 0 Å². The van der Waals surface area contributed by atoms with Crippen LogP contribution in [0.1, 0.15) is 0 Å². The van der Waals surface area contributed by atoms with Gasteiger partial charge in [-0.3, -0.25) is 9.80 Å². The molecule has 0 atom stereocenters. The van der Waals surface area contributed by atoms with Gasteiger partial charge in [0.25, 0.3) is 0 Å². The molecule has 0 amide bonds. The zero-order chi connectivity index (χ0) is 10.3. The van der Waals surface area contributed by atoms with Crippen LogP contribution in [0.4, 0.5) is 4.39 Å². The van der Waals surface area contributed by atoms with Crippen LogP contribution >= 0.6 is 0 Å². The van der Waals surface area contributed by atoms with Crippen LogP contribution in [0.25, 0.3) is 0 Å². The van der Waals surface area contributed by atoms with E-state index in [9.17, 15) is 4.39 Å². The van der Waals surface area contributed by atoms with E-state index in [1.165, 1.54) is 9.80 Å². The molecular weight excluding hydrogens is 166 g/mol. The molecule has 0 fully saturated rings. The van der Waals surface area contributed by atoms with Gasteiger partial charge in [0.2, 0.25) is 6.42 Å². The van der Waals surface area contributed by atoms with Gasteiger partial charge in [0, 0.05) is 0 Å². The van der Waals surface area contributed by atoms with Gasteiger partial charge in [-0.2, -0.15) is 0 Å². The summed E-state index contributed by atoms with van der Waals surface area (Å²) < 4.78 is 12.5. The highest BCUT2D eigenvalue weighted by Gasteiger charge is 2.08. The lowest BCUT2D eigenvalue weighted by Crippen LogP contribution is -2.36. The first-order chi connectivity index (χ1) is 5.29. The number of nitrogens with zero attached hydrogens (tertiary/aromatic N) is 2. The standard InChI is InChI=1S/C5H13FN2.BH3O3/c1-7(2)5(6)8(3)4;2-1(3)4/h5H,1-4H3;2-4H. The molecule has 0 aliphatic carbocycles. The third-order valence-electron chi connectivity index (χ3n) is 0.852. The van der Waals surface area contributed by atoms with Crippen molar-refractivity contribution in [2.75, 3.05) is 28.2 Å². The molecule has 0 heterocycles. The molecule has 0 aromatic carbocycles. The Hall–Kier alpha value is -0.205. The Balaban J connectivity index is 0. The molecule has 0 radical (unpaired) electrons. The first-order valence-electron chi connectivity index (χ1n) is 3.30. The number of hydrogen-bond donors (Lipinski definition) is 3. The first kappa shape index (κ1) is 14.3. The zero-order valence-electron chi connectivity index (χ0n) is 7.77. The SMILES string of the molecule is CN(C)C(F)N(C)C.OB(O)O. The third-order valence-corrected chi connectivity index (χ3v) is 0.852. The van der Waals surface area contributed by atoms with Crippen LogP contribution in [0.5, 0.6) is 0 Å². The molecule has 0 aromatic rings. The van der Waals surface area contributed by atoms with Crippen molar-refractivity contribution in [3.05, 3.63) is 0 Å². The maximum Gasteiger partial charge on any atom is 0.631 e. The average molecular weight is 182 g/mol. The summed E-state index contributed by atoms with van der Waals surface area (Å²) in [6, 6.07) is 0. The fourth-order valence-corrected chi connectivity index (χ4v) is 0.462. The molecule has 0 unspecified atom stereocenters. The summed E-state index contributed by atoms with van der Waals surface area (Å²) in [6.07, 6.45) is -0.963. The smallest absolute Gasteiger partial charge is 0.402 e. The maximum absolute atomic E-state index is 12.5. The van der Waals surface area contributed by atoms with Crippen LogP contribution < -0.4 is 0 Å². The van der Waals surface area contributed by atoms with Crippen LogP contribution in [-0.2, 0) is 0 Å². The summed E-state index contributed by atoms with van der Waals surface area (Å²) in [5, 5.41) is 21.5. The van der Waals surface area contributed by atoms with Crippen molar-refractivity contribution in [2.24, 2.45) is 0 Å². The summed E-state index contributed by atoms with van der Waals surface area (Å²) >= 11 is 0. The largest absolute Gasteiger partial charge is 0.631 e. The Bertz CT molecular complexity index is 93.9. The predicted octanol–water partition coefficient (Wildman–Crippen LogP) is -1.69. The fraction of sp³-hybridized carbons (Fsp3) is 1.00. The monoisotopic (exact) mass is 182 g/mol. The van der Waals surface area contributed by atoms with Gasteiger partial charge in [0.1, 0.15) is 0 Å². The van der Waals surface area contributed by atoms with E-state index in [1.807, 2.05) is 0 Å².